The van der Waals surface area contributed by atoms with Crippen LogP contribution >= 0.6 is 9.03 Å². The second-order valence-corrected chi connectivity index (χ2v) is 3.85. The molecule has 0 aromatic heterocycles. The van der Waals surface area contributed by atoms with Crippen LogP contribution < -0.4 is 9.05 Å². The van der Waals surface area contributed by atoms with Crippen LogP contribution in [0.2, 0.25) is 0 Å². The third-order valence-electron chi connectivity index (χ3n) is 1.94. The minimum atomic E-state index is -0.985. The molecule has 0 saturated heterocycles. The van der Waals surface area contributed by atoms with Gasteiger partial charge in [0.1, 0.15) is 0 Å². The third-order valence-corrected chi connectivity index (χ3v) is 2.84. The van der Waals surface area contributed by atoms with Gasteiger partial charge < -0.3 is 0 Å². The molecule has 2 nitrogen and oxygen atoms in total. The summed E-state index contributed by atoms with van der Waals surface area (Å²) in [6, 6.07) is 19.5. The molecular weight excluding hydrogens is 207 g/mol. The number of rotatable bonds is 4. The van der Waals surface area contributed by atoms with Crippen molar-refractivity contribution >= 4 is 9.03 Å². The minimum absolute atomic E-state index is 0.875. The number of para-hydroxylation sites is 2. The Kier molecular flexibility index (Phi) is 3.58. The summed E-state index contributed by atoms with van der Waals surface area (Å²) in [5.41, 5.74) is 0. The van der Waals surface area contributed by atoms with Gasteiger partial charge in [-0.3, -0.25) is 0 Å². The van der Waals surface area contributed by atoms with Crippen LogP contribution in [0, 0.1) is 0 Å². The molecule has 0 saturated carbocycles. The van der Waals surface area contributed by atoms with Gasteiger partial charge in [0, 0.05) is 0 Å². The first kappa shape index (κ1) is 10.0. The molecule has 0 N–H and O–H groups in total. The Morgan fingerprint density at radius 2 is 1.00 bits per heavy atom. The van der Waals surface area contributed by atoms with Crippen LogP contribution in [-0.4, -0.2) is 0 Å². The van der Waals surface area contributed by atoms with Gasteiger partial charge in [-0.15, -0.1) is 0 Å². The SMILES string of the molecule is c1ccc(O[PH3]Oc2ccccc2)cc1. The zero-order valence-corrected chi connectivity index (χ0v) is 9.71. The van der Waals surface area contributed by atoms with Gasteiger partial charge in [-0.1, -0.05) is 0 Å². The molecule has 0 bridgehead atoms. The van der Waals surface area contributed by atoms with E-state index in [0.717, 1.165) is 11.5 Å². The molecule has 0 atom stereocenters. The second kappa shape index (κ2) is 5.38. The molecule has 0 unspecified atom stereocenters. The van der Waals surface area contributed by atoms with E-state index in [1.165, 1.54) is 0 Å². The molecule has 2 aromatic carbocycles. The average molecular weight is 220 g/mol. The molecule has 0 aliphatic rings. The van der Waals surface area contributed by atoms with Crippen LogP contribution in [-0.2, 0) is 0 Å². The fraction of sp³-hybridized carbons (Fsp3) is 0. The maximum absolute atomic E-state index is 5.53. The first-order valence-corrected chi connectivity index (χ1v) is 5.96. The summed E-state index contributed by atoms with van der Waals surface area (Å²) >= 11 is 0. The van der Waals surface area contributed by atoms with Crippen LogP contribution in [0.4, 0.5) is 0 Å². The van der Waals surface area contributed by atoms with Gasteiger partial charge >= 0.3 is 90.2 Å². The standard InChI is InChI=1S/C12H13O2P/c1-3-7-11(8-4-1)13-15-14-12-9-5-2-6-10-12/h1-10H,15H3. The van der Waals surface area contributed by atoms with Crippen molar-refractivity contribution in [2.75, 3.05) is 0 Å². The second-order valence-electron chi connectivity index (χ2n) is 3.03. The molecule has 0 heterocycles. The number of benzene rings is 2. The van der Waals surface area contributed by atoms with Crippen molar-refractivity contribution in [3.63, 3.8) is 0 Å². The fourth-order valence-electron chi connectivity index (χ4n) is 1.20. The van der Waals surface area contributed by atoms with Crippen LogP contribution in [0.1, 0.15) is 0 Å². The van der Waals surface area contributed by atoms with Crippen molar-refractivity contribution in [3.05, 3.63) is 60.7 Å². The van der Waals surface area contributed by atoms with Crippen molar-refractivity contribution in [1.29, 1.82) is 0 Å². The summed E-state index contributed by atoms with van der Waals surface area (Å²) in [5, 5.41) is 0. The van der Waals surface area contributed by atoms with E-state index in [0.29, 0.717) is 0 Å². The van der Waals surface area contributed by atoms with E-state index >= 15 is 0 Å². The molecule has 2 rings (SSSR count). The molecule has 15 heavy (non-hydrogen) atoms. The molecule has 0 aliphatic carbocycles. The van der Waals surface area contributed by atoms with Crippen molar-refractivity contribution in [3.8, 4) is 11.5 Å². The average Bonchev–Trinajstić information content (AvgIpc) is 2.32. The number of hydrogen-bond donors (Lipinski definition) is 0. The van der Waals surface area contributed by atoms with Gasteiger partial charge in [-0.05, 0) is 0 Å². The van der Waals surface area contributed by atoms with E-state index in [9.17, 15) is 0 Å². The van der Waals surface area contributed by atoms with Crippen LogP contribution in [0.25, 0.3) is 0 Å². The van der Waals surface area contributed by atoms with E-state index in [4.69, 9.17) is 9.05 Å². The normalized spacial score (nSPS) is 9.87. The molecule has 0 aliphatic heterocycles. The number of hydrogen-bond acceptors (Lipinski definition) is 2. The fourth-order valence-corrected chi connectivity index (χ4v) is 1.91. The summed E-state index contributed by atoms with van der Waals surface area (Å²) in [7, 11) is -0.985. The molecule has 0 radical (unpaired) electrons. The Labute approximate surface area is 90.8 Å². The maximum atomic E-state index is 5.53. The van der Waals surface area contributed by atoms with E-state index in [1.807, 2.05) is 60.7 Å². The van der Waals surface area contributed by atoms with Crippen LogP contribution in [0.15, 0.2) is 60.7 Å². The molecule has 0 spiro atoms. The summed E-state index contributed by atoms with van der Waals surface area (Å²) < 4.78 is 11.1. The van der Waals surface area contributed by atoms with Crippen LogP contribution in [0.3, 0.4) is 0 Å². The first-order valence-electron chi connectivity index (χ1n) is 4.81. The summed E-state index contributed by atoms with van der Waals surface area (Å²) in [6.45, 7) is 0. The van der Waals surface area contributed by atoms with Crippen molar-refractivity contribution < 1.29 is 9.05 Å². The van der Waals surface area contributed by atoms with Crippen molar-refractivity contribution in [2.45, 2.75) is 0 Å². The molecule has 78 valence electrons. The molecular formula is C12H13O2P. The van der Waals surface area contributed by atoms with E-state index in [-0.39, 0.29) is 0 Å². The van der Waals surface area contributed by atoms with Crippen molar-refractivity contribution in [1.82, 2.24) is 0 Å². The topological polar surface area (TPSA) is 18.5 Å². The van der Waals surface area contributed by atoms with E-state index in [2.05, 4.69) is 0 Å². The van der Waals surface area contributed by atoms with Gasteiger partial charge in [0.05, 0.1) is 0 Å². The van der Waals surface area contributed by atoms with Gasteiger partial charge in [0.15, 0.2) is 0 Å². The molecule has 0 amide bonds. The predicted octanol–water partition coefficient (Wildman–Crippen LogP) is 3.12. The summed E-state index contributed by atoms with van der Waals surface area (Å²) in [5.74, 6) is 1.75. The zero-order chi connectivity index (χ0) is 10.3. The zero-order valence-electron chi connectivity index (χ0n) is 8.30. The Hall–Kier alpha value is -1.53. The van der Waals surface area contributed by atoms with E-state index in [1.54, 1.807) is 0 Å². The predicted molar refractivity (Wildman–Crippen MR) is 65.2 cm³/mol. The van der Waals surface area contributed by atoms with Crippen molar-refractivity contribution in [2.24, 2.45) is 0 Å². The monoisotopic (exact) mass is 220 g/mol. The Bertz CT molecular complexity index is 349. The molecule has 3 heteroatoms. The Balaban J connectivity index is 1.81. The molecule has 2 aromatic rings. The third kappa shape index (κ3) is 3.26. The molecule has 0 fully saturated rings. The van der Waals surface area contributed by atoms with Gasteiger partial charge in [-0.2, -0.15) is 0 Å². The van der Waals surface area contributed by atoms with Gasteiger partial charge in [-0.25, -0.2) is 0 Å². The van der Waals surface area contributed by atoms with Gasteiger partial charge in [0.25, 0.3) is 0 Å². The summed E-state index contributed by atoms with van der Waals surface area (Å²) in [4.78, 5) is 0. The first-order chi connectivity index (χ1) is 7.45. The van der Waals surface area contributed by atoms with Crippen LogP contribution in [0.5, 0.6) is 11.5 Å². The Morgan fingerprint density at radius 1 is 0.600 bits per heavy atom. The summed E-state index contributed by atoms with van der Waals surface area (Å²) in [6.07, 6.45) is 0. The van der Waals surface area contributed by atoms with E-state index < -0.39 is 9.03 Å². The van der Waals surface area contributed by atoms with Gasteiger partial charge in [0.2, 0.25) is 0 Å². The quantitative estimate of drug-likeness (QED) is 0.737. The Morgan fingerprint density at radius 3 is 1.40 bits per heavy atom.